The van der Waals surface area contributed by atoms with Crippen LogP contribution >= 0.6 is 0 Å². The molecule has 1 aromatic carbocycles. The van der Waals surface area contributed by atoms with E-state index in [-0.39, 0.29) is 24.9 Å². The zero-order valence-corrected chi connectivity index (χ0v) is 13.7. The molecule has 130 valence electrons. The van der Waals surface area contributed by atoms with Crippen LogP contribution in [0.3, 0.4) is 0 Å². The lowest BCUT2D eigenvalue weighted by atomic mass is 10.0. The minimum absolute atomic E-state index is 0.0598. The molecule has 0 saturated carbocycles. The van der Waals surface area contributed by atoms with E-state index >= 15 is 0 Å². The van der Waals surface area contributed by atoms with E-state index in [4.69, 9.17) is 9.47 Å². The molecule has 1 saturated heterocycles. The number of benzene rings is 1. The van der Waals surface area contributed by atoms with Crippen molar-refractivity contribution in [2.45, 2.75) is 24.8 Å². The Balaban J connectivity index is 1.74. The number of aromatic nitrogens is 1. The Morgan fingerprint density at radius 1 is 1.46 bits per heavy atom. The zero-order chi connectivity index (χ0) is 17.3. The summed E-state index contributed by atoms with van der Waals surface area (Å²) in [5, 5.41) is 11.2. The molecule has 0 unspecified atom stereocenters. The summed E-state index contributed by atoms with van der Waals surface area (Å²) in [6.07, 6.45) is 0.485. The molecular formula is C17H21FN2O4. The van der Waals surface area contributed by atoms with E-state index in [9.17, 15) is 14.3 Å². The zero-order valence-electron chi connectivity index (χ0n) is 13.7. The molecule has 0 bridgehead atoms. The highest BCUT2D eigenvalue weighted by molar-refractivity contribution is 5.83. The van der Waals surface area contributed by atoms with Crippen LogP contribution in [0.4, 0.5) is 4.39 Å². The molecule has 0 aliphatic carbocycles. The molecule has 2 aromatic rings. The maximum Gasteiger partial charge on any atom is 0.242 e. The van der Waals surface area contributed by atoms with Crippen LogP contribution in [0, 0.1) is 5.82 Å². The van der Waals surface area contributed by atoms with E-state index in [1.165, 1.54) is 24.1 Å². The fourth-order valence-electron chi connectivity index (χ4n) is 3.04. The van der Waals surface area contributed by atoms with Crippen molar-refractivity contribution < 1.29 is 23.8 Å². The van der Waals surface area contributed by atoms with E-state index < -0.39 is 18.2 Å². The van der Waals surface area contributed by atoms with Crippen molar-refractivity contribution in [2.75, 3.05) is 27.4 Å². The number of ether oxygens (including phenoxy) is 2. The number of aliphatic hydroxyl groups excluding tert-OH is 1. The molecule has 3 rings (SSSR count). The standard InChI is InChI=1S/C17H21FN2O4/c1-19(14-9-24-10-15(23-2)17(14)22)16(21)8-20-6-5-11-3-4-12(18)7-13(11)20/h3-7,14-15,17,22H,8-10H2,1-2H3/t14-,15-,17+/m1/s1. The average Bonchev–Trinajstić information content (AvgIpc) is 2.96. The minimum Gasteiger partial charge on any atom is -0.388 e. The van der Waals surface area contributed by atoms with Crippen LogP contribution in [0.2, 0.25) is 0 Å². The van der Waals surface area contributed by atoms with Gasteiger partial charge in [-0.1, -0.05) is 0 Å². The summed E-state index contributed by atoms with van der Waals surface area (Å²) in [4.78, 5) is 14.1. The minimum atomic E-state index is -0.809. The highest BCUT2D eigenvalue weighted by atomic mass is 19.1. The first kappa shape index (κ1) is 16.9. The Morgan fingerprint density at radius 3 is 3.00 bits per heavy atom. The fourth-order valence-corrected chi connectivity index (χ4v) is 3.04. The topological polar surface area (TPSA) is 63.9 Å². The third-order valence-corrected chi connectivity index (χ3v) is 4.58. The Kier molecular flexibility index (Phi) is 4.84. The smallest absolute Gasteiger partial charge is 0.242 e. The van der Waals surface area contributed by atoms with E-state index in [1.54, 1.807) is 23.9 Å². The molecular weight excluding hydrogens is 315 g/mol. The monoisotopic (exact) mass is 336 g/mol. The normalized spacial score (nSPS) is 24.2. The third-order valence-electron chi connectivity index (χ3n) is 4.58. The van der Waals surface area contributed by atoms with Crippen LogP contribution in [-0.2, 0) is 20.8 Å². The summed E-state index contributed by atoms with van der Waals surface area (Å²) in [6, 6.07) is 5.83. The Bertz CT molecular complexity index is 732. The number of amides is 1. The molecule has 1 amide bonds. The summed E-state index contributed by atoms with van der Waals surface area (Å²) in [5.41, 5.74) is 0.659. The third kappa shape index (κ3) is 3.15. The van der Waals surface area contributed by atoms with Crippen LogP contribution in [0.5, 0.6) is 0 Å². The largest absolute Gasteiger partial charge is 0.388 e. The molecule has 24 heavy (non-hydrogen) atoms. The number of fused-ring (bicyclic) bond motifs is 1. The van der Waals surface area contributed by atoms with E-state index in [0.29, 0.717) is 12.1 Å². The van der Waals surface area contributed by atoms with Gasteiger partial charge in [-0.15, -0.1) is 0 Å². The highest BCUT2D eigenvalue weighted by Crippen LogP contribution is 2.19. The molecule has 7 heteroatoms. The van der Waals surface area contributed by atoms with Crippen molar-refractivity contribution in [2.24, 2.45) is 0 Å². The number of halogens is 1. The van der Waals surface area contributed by atoms with Gasteiger partial charge in [-0.05, 0) is 29.7 Å². The van der Waals surface area contributed by atoms with Crippen molar-refractivity contribution in [3.05, 3.63) is 36.3 Å². The van der Waals surface area contributed by atoms with Gasteiger partial charge < -0.3 is 24.0 Å². The second kappa shape index (κ2) is 6.88. The van der Waals surface area contributed by atoms with Gasteiger partial charge in [0.15, 0.2) is 0 Å². The second-order valence-electron chi connectivity index (χ2n) is 6.02. The number of aliphatic hydroxyl groups is 1. The van der Waals surface area contributed by atoms with Crippen LogP contribution in [0.15, 0.2) is 30.5 Å². The number of carbonyl (C=O) groups is 1. The van der Waals surface area contributed by atoms with Crippen molar-refractivity contribution in [3.8, 4) is 0 Å². The van der Waals surface area contributed by atoms with Gasteiger partial charge in [0.2, 0.25) is 5.91 Å². The first-order chi connectivity index (χ1) is 11.5. The Labute approximate surface area is 139 Å². The molecule has 3 atom stereocenters. The number of nitrogens with zero attached hydrogens (tertiary/aromatic N) is 2. The van der Waals surface area contributed by atoms with Gasteiger partial charge in [0, 0.05) is 20.4 Å². The molecule has 1 aliphatic rings. The molecule has 1 fully saturated rings. The molecule has 6 nitrogen and oxygen atoms in total. The molecule has 1 N–H and O–H groups in total. The number of methoxy groups -OCH3 is 1. The Morgan fingerprint density at radius 2 is 2.25 bits per heavy atom. The summed E-state index contributed by atoms with van der Waals surface area (Å²) in [7, 11) is 3.13. The average molecular weight is 336 g/mol. The number of rotatable bonds is 4. The highest BCUT2D eigenvalue weighted by Gasteiger charge is 2.36. The summed E-state index contributed by atoms with van der Waals surface area (Å²) in [6.45, 7) is 0.617. The van der Waals surface area contributed by atoms with Gasteiger partial charge >= 0.3 is 0 Å². The van der Waals surface area contributed by atoms with Crippen molar-refractivity contribution in [1.29, 1.82) is 0 Å². The van der Waals surface area contributed by atoms with E-state index in [2.05, 4.69) is 0 Å². The van der Waals surface area contributed by atoms with Gasteiger partial charge in [-0.25, -0.2) is 4.39 Å². The van der Waals surface area contributed by atoms with Crippen molar-refractivity contribution in [1.82, 2.24) is 9.47 Å². The van der Waals surface area contributed by atoms with Crippen LogP contribution in [0.25, 0.3) is 10.9 Å². The number of carbonyl (C=O) groups excluding carboxylic acids is 1. The molecule has 0 radical (unpaired) electrons. The summed E-state index contributed by atoms with van der Waals surface area (Å²) < 4.78 is 25.7. The summed E-state index contributed by atoms with van der Waals surface area (Å²) >= 11 is 0. The number of hydrogen-bond acceptors (Lipinski definition) is 4. The van der Waals surface area contributed by atoms with Crippen molar-refractivity contribution in [3.63, 3.8) is 0 Å². The van der Waals surface area contributed by atoms with Gasteiger partial charge in [-0.3, -0.25) is 4.79 Å². The van der Waals surface area contributed by atoms with Gasteiger partial charge in [0.25, 0.3) is 0 Å². The lowest BCUT2D eigenvalue weighted by Crippen LogP contribution is -2.57. The van der Waals surface area contributed by atoms with Crippen LogP contribution < -0.4 is 0 Å². The predicted molar refractivity (Wildman–Crippen MR) is 86.1 cm³/mol. The molecule has 1 aliphatic heterocycles. The summed E-state index contributed by atoms with van der Waals surface area (Å²) in [5.74, 6) is -0.538. The predicted octanol–water partition coefficient (Wildman–Crippen LogP) is 1.01. The quantitative estimate of drug-likeness (QED) is 0.905. The Hall–Kier alpha value is -1.96. The van der Waals surface area contributed by atoms with E-state index in [1.807, 2.05) is 6.07 Å². The fraction of sp³-hybridized carbons (Fsp3) is 0.471. The second-order valence-corrected chi connectivity index (χ2v) is 6.02. The number of hydrogen-bond donors (Lipinski definition) is 1. The molecule has 2 heterocycles. The lowest BCUT2D eigenvalue weighted by molar-refractivity contribution is -0.158. The van der Waals surface area contributed by atoms with Gasteiger partial charge in [0.05, 0.1) is 24.8 Å². The lowest BCUT2D eigenvalue weighted by Gasteiger charge is -2.38. The SMILES string of the molecule is CO[C@@H]1COC[C@@H](N(C)C(=O)Cn2ccc3ccc(F)cc32)[C@@H]1O. The molecule has 0 spiro atoms. The first-order valence-electron chi connectivity index (χ1n) is 7.80. The van der Waals surface area contributed by atoms with Gasteiger partial charge in [0.1, 0.15) is 24.6 Å². The first-order valence-corrected chi connectivity index (χ1v) is 7.80. The molecule has 1 aromatic heterocycles. The van der Waals surface area contributed by atoms with Gasteiger partial charge in [-0.2, -0.15) is 0 Å². The van der Waals surface area contributed by atoms with Crippen LogP contribution in [0.1, 0.15) is 0 Å². The number of likely N-dealkylation sites (N-methyl/N-ethyl adjacent to an activating group) is 1. The van der Waals surface area contributed by atoms with Crippen LogP contribution in [-0.4, -0.2) is 66.1 Å². The maximum absolute atomic E-state index is 13.4. The maximum atomic E-state index is 13.4. The van der Waals surface area contributed by atoms with Crippen molar-refractivity contribution >= 4 is 16.8 Å². The van der Waals surface area contributed by atoms with E-state index in [0.717, 1.165) is 5.39 Å².